The number of rotatable bonds is 10. The minimum atomic E-state index is 0.742. The monoisotopic (exact) mass is 416 g/mol. The summed E-state index contributed by atoms with van der Waals surface area (Å²) in [6.07, 6.45) is 10.6. The minimum Gasteiger partial charge on any atom is -0.493 e. The van der Waals surface area contributed by atoms with Crippen LogP contribution in [-0.4, -0.2) is 53.1 Å². The first kappa shape index (κ1) is 21.5. The Morgan fingerprint density at radius 3 is 2.71 bits per heavy atom. The number of likely N-dealkylation sites (N-methyl/N-ethyl adjacent to an activating group) is 1. The van der Waals surface area contributed by atoms with Crippen LogP contribution in [0.2, 0.25) is 0 Å². The second-order valence-electron chi connectivity index (χ2n) is 8.33. The van der Waals surface area contributed by atoms with E-state index in [0.29, 0.717) is 0 Å². The molecular weight excluding hydrogens is 384 g/mol. The van der Waals surface area contributed by atoms with E-state index in [1.165, 1.54) is 22.3 Å². The summed E-state index contributed by atoms with van der Waals surface area (Å²) in [5, 5.41) is 0. The quantitative estimate of drug-likeness (QED) is 0.468. The number of ether oxygens (including phenoxy) is 1. The predicted molar refractivity (Wildman–Crippen MR) is 124 cm³/mol. The smallest absolute Gasteiger partial charge is 0.122 e. The summed E-state index contributed by atoms with van der Waals surface area (Å²) in [6.45, 7) is 5.78. The van der Waals surface area contributed by atoms with Gasteiger partial charge in [0, 0.05) is 57.5 Å². The molecule has 5 heteroatoms. The molecule has 2 aromatic heterocycles. The fraction of sp³-hybridized carbons (Fsp3) is 0.385. The molecule has 0 fully saturated rings. The number of hydrogen-bond donors (Lipinski definition) is 0. The van der Waals surface area contributed by atoms with Gasteiger partial charge in [-0.05, 0) is 72.8 Å². The van der Waals surface area contributed by atoms with Gasteiger partial charge in [-0.25, -0.2) is 0 Å². The molecule has 0 atom stereocenters. The Morgan fingerprint density at radius 2 is 1.87 bits per heavy atom. The van der Waals surface area contributed by atoms with Crippen LogP contribution < -0.4 is 4.74 Å². The Hall–Kier alpha value is -2.76. The van der Waals surface area contributed by atoms with Crippen LogP contribution in [0.25, 0.3) is 0 Å². The summed E-state index contributed by atoms with van der Waals surface area (Å²) < 4.78 is 6.24. The summed E-state index contributed by atoms with van der Waals surface area (Å²) in [7, 11) is 2.18. The lowest BCUT2D eigenvalue weighted by Crippen LogP contribution is -2.28. The molecule has 3 aromatic rings. The van der Waals surface area contributed by atoms with Gasteiger partial charge in [-0.1, -0.05) is 18.2 Å². The molecule has 0 N–H and O–H groups in total. The number of fused-ring (bicyclic) bond motifs is 1. The highest BCUT2D eigenvalue weighted by Gasteiger charge is 2.17. The van der Waals surface area contributed by atoms with E-state index < -0.39 is 0 Å². The van der Waals surface area contributed by atoms with E-state index >= 15 is 0 Å². The number of hydrogen-bond acceptors (Lipinski definition) is 5. The molecule has 1 aromatic carbocycles. The van der Waals surface area contributed by atoms with Gasteiger partial charge in [0.05, 0.1) is 6.61 Å². The maximum absolute atomic E-state index is 6.24. The zero-order valence-corrected chi connectivity index (χ0v) is 18.4. The lowest BCUT2D eigenvalue weighted by atomic mass is 9.99. The zero-order valence-electron chi connectivity index (χ0n) is 18.4. The number of benzene rings is 1. The third kappa shape index (κ3) is 6.36. The van der Waals surface area contributed by atoms with Crippen molar-refractivity contribution in [2.75, 3.05) is 33.3 Å². The van der Waals surface area contributed by atoms with Crippen LogP contribution in [0.1, 0.15) is 28.7 Å². The fourth-order valence-corrected chi connectivity index (χ4v) is 4.17. The van der Waals surface area contributed by atoms with Crippen LogP contribution in [0.4, 0.5) is 0 Å². The van der Waals surface area contributed by atoms with Crippen molar-refractivity contribution in [2.45, 2.75) is 32.4 Å². The second-order valence-corrected chi connectivity index (χ2v) is 8.33. The summed E-state index contributed by atoms with van der Waals surface area (Å²) in [6, 6.07) is 14.8. The van der Waals surface area contributed by atoms with E-state index in [1.807, 2.05) is 30.9 Å². The number of nitrogens with zero attached hydrogens (tertiary/aromatic N) is 4. The lowest BCUT2D eigenvalue weighted by molar-refractivity contribution is 0.227. The van der Waals surface area contributed by atoms with Gasteiger partial charge in [-0.15, -0.1) is 0 Å². The van der Waals surface area contributed by atoms with Crippen molar-refractivity contribution in [3.8, 4) is 5.75 Å². The van der Waals surface area contributed by atoms with Gasteiger partial charge in [0.15, 0.2) is 0 Å². The molecule has 0 unspecified atom stereocenters. The van der Waals surface area contributed by atoms with Crippen molar-refractivity contribution in [2.24, 2.45) is 0 Å². The molecule has 0 spiro atoms. The molecule has 0 bridgehead atoms. The third-order valence-electron chi connectivity index (χ3n) is 5.89. The highest BCUT2D eigenvalue weighted by atomic mass is 16.5. The molecule has 1 aliphatic rings. The molecule has 0 saturated heterocycles. The number of aromatic nitrogens is 2. The highest BCUT2D eigenvalue weighted by molar-refractivity contribution is 5.41. The molecule has 0 amide bonds. The topological polar surface area (TPSA) is 41.5 Å². The van der Waals surface area contributed by atoms with Gasteiger partial charge < -0.3 is 9.64 Å². The summed E-state index contributed by atoms with van der Waals surface area (Å²) in [4.78, 5) is 13.3. The van der Waals surface area contributed by atoms with Crippen LogP contribution >= 0.6 is 0 Å². The average Bonchev–Trinajstić information content (AvgIpc) is 2.81. The standard InChI is InChI=1S/C26H32N4O/c1-29-16-11-25-24(21-29)6-2-7-26(25)31-18-4-15-30(20-23-8-13-27-14-9-23)17-10-22-5-3-12-28-19-22/h2-3,5-9,12-14,19H,4,10-11,15-18,20-21H2,1H3. The first-order valence-corrected chi connectivity index (χ1v) is 11.2. The van der Waals surface area contributed by atoms with Gasteiger partial charge in [0.2, 0.25) is 0 Å². The maximum atomic E-state index is 6.24. The molecule has 162 valence electrons. The van der Waals surface area contributed by atoms with Crippen molar-refractivity contribution in [3.63, 3.8) is 0 Å². The molecule has 3 heterocycles. The van der Waals surface area contributed by atoms with Gasteiger partial charge in [-0.3, -0.25) is 14.9 Å². The Balaban J connectivity index is 1.31. The molecule has 0 radical (unpaired) electrons. The Bertz CT molecular complexity index is 933. The molecule has 5 nitrogen and oxygen atoms in total. The van der Waals surface area contributed by atoms with E-state index in [1.54, 1.807) is 0 Å². The van der Waals surface area contributed by atoms with Crippen molar-refractivity contribution in [1.29, 1.82) is 0 Å². The molecule has 4 rings (SSSR count). The minimum absolute atomic E-state index is 0.742. The van der Waals surface area contributed by atoms with Crippen molar-refractivity contribution >= 4 is 0 Å². The Morgan fingerprint density at radius 1 is 0.968 bits per heavy atom. The summed E-state index contributed by atoms with van der Waals surface area (Å²) in [5.41, 5.74) is 5.37. The van der Waals surface area contributed by atoms with Crippen LogP contribution in [0.15, 0.2) is 67.3 Å². The Kier molecular flexibility index (Phi) is 7.64. The molecule has 1 aliphatic heterocycles. The van der Waals surface area contributed by atoms with Gasteiger partial charge in [0.1, 0.15) is 5.75 Å². The lowest BCUT2D eigenvalue weighted by Gasteiger charge is -2.27. The van der Waals surface area contributed by atoms with Gasteiger partial charge in [0.25, 0.3) is 0 Å². The fourth-order valence-electron chi connectivity index (χ4n) is 4.17. The molecule has 31 heavy (non-hydrogen) atoms. The number of pyridine rings is 2. The summed E-state index contributed by atoms with van der Waals surface area (Å²) >= 11 is 0. The normalized spacial score (nSPS) is 13.9. The molecular formula is C26H32N4O. The van der Waals surface area contributed by atoms with E-state index in [0.717, 1.165) is 64.3 Å². The van der Waals surface area contributed by atoms with Crippen molar-refractivity contribution in [3.05, 3.63) is 89.5 Å². The van der Waals surface area contributed by atoms with Gasteiger partial charge >= 0.3 is 0 Å². The first-order valence-electron chi connectivity index (χ1n) is 11.2. The van der Waals surface area contributed by atoms with Gasteiger partial charge in [-0.2, -0.15) is 0 Å². The second kappa shape index (κ2) is 11.0. The SMILES string of the molecule is CN1CCc2c(cccc2OCCCN(CCc2cccnc2)Cc2ccncc2)C1. The van der Waals surface area contributed by atoms with Crippen LogP contribution in [0, 0.1) is 0 Å². The highest BCUT2D eigenvalue weighted by Crippen LogP contribution is 2.27. The van der Waals surface area contributed by atoms with Crippen LogP contribution in [0.3, 0.4) is 0 Å². The third-order valence-corrected chi connectivity index (χ3v) is 5.89. The summed E-state index contributed by atoms with van der Waals surface area (Å²) in [5.74, 6) is 1.07. The molecule has 0 aliphatic carbocycles. The maximum Gasteiger partial charge on any atom is 0.122 e. The van der Waals surface area contributed by atoms with Crippen molar-refractivity contribution in [1.82, 2.24) is 19.8 Å². The first-order chi connectivity index (χ1) is 15.3. The zero-order chi connectivity index (χ0) is 21.3. The van der Waals surface area contributed by atoms with E-state index in [2.05, 4.69) is 63.2 Å². The predicted octanol–water partition coefficient (Wildman–Crippen LogP) is 3.98. The van der Waals surface area contributed by atoms with E-state index in [-0.39, 0.29) is 0 Å². The van der Waals surface area contributed by atoms with E-state index in [4.69, 9.17) is 4.74 Å². The molecule has 0 saturated carbocycles. The van der Waals surface area contributed by atoms with Crippen LogP contribution in [-0.2, 0) is 25.9 Å². The Labute approximate surface area is 185 Å². The average molecular weight is 417 g/mol. The largest absolute Gasteiger partial charge is 0.493 e. The van der Waals surface area contributed by atoms with E-state index in [9.17, 15) is 0 Å². The van der Waals surface area contributed by atoms with Crippen molar-refractivity contribution < 1.29 is 4.74 Å². The van der Waals surface area contributed by atoms with Crippen LogP contribution in [0.5, 0.6) is 5.75 Å².